The van der Waals surface area contributed by atoms with Gasteiger partial charge in [0.25, 0.3) is 0 Å². The average molecular weight is 251 g/mol. The van der Waals surface area contributed by atoms with Gasteiger partial charge in [-0.25, -0.2) is 9.37 Å². The Hall–Kier alpha value is -2.62. The van der Waals surface area contributed by atoms with E-state index in [1.807, 2.05) is 0 Å². The van der Waals surface area contributed by atoms with Crippen molar-refractivity contribution < 1.29 is 4.39 Å². The molecule has 0 bridgehead atoms. The van der Waals surface area contributed by atoms with Gasteiger partial charge in [-0.15, -0.1) is 0 Å². The minimum absolute atomic E-state index is 0.311. The second-order valence-corrected chi connectivity index (χ2v) is 4.03. The zero-order chi connectivity index (χ0) is 13.1. The second kappa shape index (κ2) is 4.94. The quantitative estimate of drug-likeness (QED) is 0.701. The van der Waals surface area contributed by atoms with Gasteiger partial charge in [0.2, 0.25) is 0 Å². The molecule has 0 aliphatic heterocycles. The van der Waals surface area contributed by atoms with Gasteiger partial charge in [-0.05, 0) is 24.3 Å². The summed E-state index contributed by atoms with van der Waals surface area (Å²) >= 11 is 0. The van der Waals surface area contributed by atoms with Crippen molar-refractivity contribution in [2.75, 3.05) is 0 Å². The number of hydrogen-bond acceptors (Lipinski definition) is 3. The third kappa shape index (κ3) is 2.47. The van der Waals surface area contributed by atoms with Crippen LogP contribution in [0.5, 0.6) is 0 Å². The molecule has 0 fully saturated rings. The van der Waals surface area contributed by atoms with Crippen molar-refractivity contribution in [2.24, 2.45) is 0 Å². The van der Waals surface area contributed by atoms with Gasteiger partial charge >= 0.3 is 0 Å². The van der Waals surface area contributed by atoms with Crippen molar-refractivity contribution in [3.8, 4) is 22.5 Å². The Kier molecular flexibility index (Phi) is 2.98. The Bertz CT molecular complexity index is 627. The highest BCUT2D eigenvalue weighted by Gasteiger charge is 2.06. The highest BCUT2D eigenvalue weighted by atomic mass is 19.1. The Labute approximate surface area is 109 Å². The SMILES string of the molecule is Fc1cc(-c2ccncc2)nc(-c2ccncc2)c1. The molecule has 0 amide bonds. The fraction of sp³-hybridized carbons (Fsp3) is 0. The van der Waals surface area contributed by atoms with E-state index in [1.54, 1.807) is 49.1 Å². The van der Waals surface area contributed by atoms with E-state index >= 15 is 0 Å². The first-order valence-electron chi connectivity index (χ1n) is 5.81. The van der Waals surface area contributed by atoms with Crippen LogP contribution in [0.3, 0.4) is 0 Å². The van der Waals surface area contributed by atoms with Crippen molar-refractivity contribution in [1.82, 2.24) is 15.0 Å². The van der Waals surface area contributed by atoms with Crippen LogP contribution in [-0.2, 0) is 0 Å². The molecule has 0 aliphatic carbocycles. The van der Waals surface area contributed by atoms with Crippen LogP contribution in [0.4, 0.5) is 4.39 Å². The fourth-order valence-corrected chi connectivity index (χ4v) is 1.84. The van der Waals surface area contributed by atoms with Crippen LogP contribution in [-0.4, -0.2) is 15.0 Å². The Morgan fingerprint density at radius 2 is 1.11 bits per heavy atom. The molecular formula is C15H10FN3. The van der Waals surface area contributed by atoms with Crippen LogP contribution in [0.25, 0.3) is 22.5 Å². The number of halogens is 1. The maximum atomic E-state index is 13.7. The van der Waals surface area contributed by atoms with Gasteiger partial charge < -0.3 is 0 Å². The smallest absolute Gasteiger partial charge is 0.127 e. The molecule has 0 aliphatic rings. The third-order valence-corrected chi connectivity index (χ3v) is 2.74. The number of aromatic nitrogens is 3. The molecule has 0 aromatic carbocycles. The summed E-state index contributed by atoms with van der Waals surface area (Å²) in [5.41, 5.74) is 2.86. The van der Waals surface area contributed by atoms with Crippen molar-refractivity contribution in [3.05, 3.63) is 67.0 Å². The van der Waals surface area contributed by atoms with Crippen LogP contribution in [0.2, 0.25) is 0 Å². The molecule has 0 spiro atoms. The summed E-state index contributed by atoms with van der Waals surface area (Å²) in [6.07, 6.45) is 6.64. The monoisotopic (exact) mass is 251 g/mol. The van der Waals surface area contributed by atoms with E-state index in [0.717, 1.165) is 11.1 Å². The van der Waals surface area contributed by atoms with Crippen molar-refractivity contribution >= 4 is 0 Å². The van der Waals surface area contributed by atoms with Crippen molar-refractivity contribution in [1.29, 1.82) is 0 Å². The molecule has 3 nitrogen and oxygen atoms in total. The Morgan fingerprint density at radius 3 is 1.53 bits per heavy atom. The molecule has 0 radical (unpaired) electrons. The highest BCUT2D eigenvalue weighted by Crippen LogP contribution is 2.23. The lowest BCUT2D eigenvalue weighted by atomic mass is 10.1. The third-order valence-electron chi connectivity index (χ3n) is 2.74. The molecule has 3 heterocycles. The maximum Gasteiger partial charge on any atom is 0.127 e. The lowest BCUT2D eigenvalue weighted by Gasteiger charge is -2.05. The first kappa shape index (κ1) is 11.5. The molecule has 19 heavy (non-hydrogen) atoms. The summed E-state index contributed by atoms with van der Waals surface area (Å²) in [4.78, 5) is 12.4. The summed E-state index contributed by atoms with van der Waals surface area (Å²) in [6, 6.07) is 10.0. The van der Waals surface area contributed by atoms with E-state index in [0.29, 0.717) is 11.4 Å². The predicted octanol–water partition coefficient (Wildman–Crippen LogP) is 3.34. The number of hydrogen-bond donors (Lipinski definition) is 0. The van der Waals surface area contributed by atoms with E-state index in [1.165, 1.54) is 12.1 Å². The molecule has 0 saturated carbocycles. The molecule has 0 unspecified atom stereocenters. The molecule has 0 atom stereocenters. The highest BCUT2D eigenvalue weighted by molar-refractivity contribution is 5.65. The number of rotatable bonds is 2. The molecule has 0 saturated heterocycles. The first-order valence-corrected chi connectivity index (χ1v) is 5.81. The summed E-state index contributed by atoms with van der Waals surface area (Å²) in [5.74, 6) is -0.311. The second-order valence-electron chi connectivity index (χ2n) is 4.03. The van der Waals surface area contributed by atoms with Gasteiger partial charge in [-0.3, -0.25) is 9.97 Å². The van der Waals surface area contributed by atoms with E-state index < -0.39 is 0 Å². The van der Waals surface area contributed by atoms with Crippen LogP contribution in [0, 0.1) is 5.82 Å². The first-order chi connectivity index (χ1) is 9.33. The van der Waals surface area contributed by atoms with Gasteiger partial charge in [0.05, 0.1) is 11.4 Å². The zero-order valence-corrected chi connectivity index (χ0v) is 9.99. The maximum absolute atomic E-state index is 13.7. The zero-order valence-electron chi connectivity index (χ0n) is 9.99. The van der Waals surface area contributed by atoms with Gasteiger partial charge in [0.1, 0.15) is 5.82 Å². The Balaban J connectivity index is 2.12. The van der Waals surface area contributed by atoms with Crippen LogP contribution >= 0.6 is 0 Å². The Morgan fingerprint density at radius 1 is 0.684 bits per heavy atom. The van der Waals surface area contributed by atoms with Gasteiger partial charge in [0, 0.05) is 48.0 Å². The lowest BCUT2D eigenvalue weighted by molar-refractivity contribution is 0.627. The van der Waals surface area contributed by atoms with Crippen molar-refractivity contribution in [2.45, 2.75) is 0 Å². The van der Waals surface area contributed by atoms with Crippen LogP contribution in [0.15, 0.2) is 61.2 Å². The molecule has 3 rings (SSSR count). The van der Waals surface area contributed by atoms with E-state index in [9.17, 15) is 4.39 Å². The van der Waals surface area contributed by atoms with Gasteiger partial charge in [-0.1, -0.05) is 0 Å². The van der Waals surface area contributed by atoms with Crippen molar-refractivity contribution in [3.63, 3.8) is 0 Å². The standard InChI is InChI=1S/C15H10FN3/c16-13-9-14(11-1-5-17-6-2-11)19-15(10-13)12-3-7-18-8-4-12/h1-10H. The van der Waals surface area contributed by atoms with Gasteiger partial charge in [0.15, 0.2) is 0 Å². The molecule has 0 N–H and O–H groups in total. The molecule has 4 heteroatoms. The van der Waals surface area contributed by atoms with E-state index in [-0.39, 0.29) is 5.82 Å². The molecule has 3 aromatic heterocycles. The summed E-state index contributed by atoms with van der Waals surface area (Å²) in [5, 5.41) is 0. The summed E-state index contributed by atoms with van der Waals surface area (Å²) in [7, 11) is 0. The van der Waals surface area contributed by atoms with E-state index in [4.69, 9.17) is 0 Å². The minimum atomic E-state index is -0.311. The summed E-state index contributed by atoms with van der Waals surface area (Å²) in [6.45, 7) is 0. The number of nitrogens with zero attached hydrogens (tertiary/aromatic N) is 3. The minimum Gasteiger partial charge on any atom is -0.265 e. The molecular weight excluding hydrogens is 241 g/mol. The molecule has 3 aromatic rings. The largest absolute Gasteiger partial charge is 0.265 e. The average Bonchev–Trinajstić information content (AvgIpc) is 2.48. The normalized spacial score (nSPS) is 10.4. The topological polar surface area (TPSA) is 38.7 Å². The lowest BCUT2D eigenvalue weighted by Crippen LogP contribution is -1.91. The van der Waals surface area contributed by atoms with Gasteiger partial charge in [-0.2, -0.15) is 0 Å². The van der Waals surface area contributed by atoms with Crippen LogP contribution in [0.1, 0.15) is 0 Å². The van der Waals surface area contributed by atoms with Crippen LogP contribution < -0.4 is 0 Å². The predicted molar refractivity (Wildman–Crippen MR) is 70.7 cm³/mol. The summed E-state index contributed by atoms with van der Waals surface area (Å²) < 4.78 is 13.7. The molecule has 92 valence electrons. The van der Waals surface area contributed by atoms with E-state index in [2.05, 4.69) is 15.0 Å². The fourth-order valence-electron chi connectivity index (χ4n) is 1.84. The number of pyridine rings is 3.